The van der Waals surface area contributed by atoms with Crippen LogP contribution in [0.15, 0.2) is 53.4 Å². The molecule has 1 atom stereocenters. The Labute approximate surface area is 166 Å². The Hall–Kier alpha value is -2.81. The number of aromatic nitrogens is 2. The molecule has 2 heterocycles. The van der Waals surface area contributed by atoms with Crippen molar-refractivity contribution in [2.24, 2.45) is 0 Å². The summed E-state index contributed by atoms with van der Waals surface area (Å²) in [5.41, 5.74) is 2.09. The van der Waals surface area contributed by atoms with Gasteiger partial charge in [-0.05, 0) is 49.2 Å². The van der Waals surface area contributed by atoms with Gasteiger partial charge in [0.1, 0.15) is 5.82 Å². The Bertz CT molecular complexity index is 1110. The molecule has 0 saturated carbocycles. The van der Waals surface area contributed by atoms with Crippen LogP contribution in [0.25, 0.3) is 11.0 Å². The number of nitrogens with one attached hydrogen (secondary N) is 1. The molecule has 0 bridgehead atoms. The quantitative estimate of drug-likeness (QED) is 0.701. The molecule has 3 aromatic rings. The maximum Gasteiger partial charge on any atom is 0.341 e. The molecule has 0 radical (unpaired) electrons. The van der Waals surface area contributed by atoms with E-state index in [1.165, 1.54) is 12.1 Å². The SMILES string of the molecule is O=C(c1ccc(S(=O)(=O)C(F)F)cc1)N1CCC[C@H](c2nc3ccccc3[nH]2)C1. The van der Waals surface area contributed by atoms with Crippen molar-refractivity contribution >= 4 is 26.8 Å². The number of likely N-dealkylation sites (tertiary alicyclic amines) is 1. The fourth-order valence-electron chi connectivity index (χ4n) is 3.62. The summed E-state index contributed by atoms with van der Waals surface area (Å²) < 4.78 is 48.4. The number of piperidine rings is 1. The molecule has 1 aromatic heterocycles. The predicted octanol–water partition coefficient (Wildman–Crippen LogP) is 3.58. The van der Waals surface area contributed by atoms with Gasteiger partial charge in [0.15, 0.2) is 0 Å². The Morgan fingerprint density at radius 3 is 2.55 bits per heavy atom. The van der Waals surface area contributed by atoms with Crippen LogP contribution in [0, 0.1) is 0 Å². The summed E-state index contributed by atoms with van der Waals surface area (Å²) in [6, 6.07) is 12.4. The predicted molar refractivity (Wildman–Crippen MR) is 104 cm³/mol. The summed E-state index contributed by atoms with van der Waals surface area (Å²) in [6.07, 6.45) is 1.71. The van der Waals surface area contributed by atoms with Gasteiger partial charge in [-0.25, -0.2) is 13.4 Å². The van der Waals surface area contributed by atoms with Crippen LogP contribution in [0.3, 0.4) is 0 Å². The van der Waals surface area contributed by atoms with Crippen LogP contribution < -0.4 is 0 Å². The fourth-order valence-corrected chi connectivity index (χ4v) is 4.34. The second-order valence-electron chi connectivity index (χ2n) is 7.06. The monoisotopic (exact) mass is 419 g/mol. The van der Waals surface area contributed by atoms with E-state index in [0.29, 0.717) is 13.1 Å². The van der Waals surface area contributed by atoms with Gasteiger partial charge in [-0.3, -0.25) is 4.79 Å². The lowest BCUT2D eigenvalue weighted by molar-refractivity contribution is 0.0705. The highest BCUT2D eigenvalue weighted by molar-refractivity contribution is 7.91. The molecule has 1 aliphatic heterocycles. The minimum atomic E-state index is -4.67. The molecule has 1 fully saturated rings. The van der Waals surface area contributed by atoms with E-state index < -0.39 is 20.5 Å². The molecule has 0 unspecified atom stereocenters. The van der Waals surface area contributed by atoms with Crippen molar-refractivity contribution in [3.63, 3.8) is 0 Å². The number of halogens is 2. The zero-order valence-corrected chi connectivity index (χ0v) is 16.2. The number of para-hydroxylation sites is 2. The number of benzene rings is 2. The Morgan fingerprint density at radius 1 is 1.14 bits per heavy atom. The molecule has 2 aromatic carbocycles. The summed E-state index contributed by atoms with van der Waals surface area (Å²) in [7, 11) is -4.67. The molecule has 0 aliphatic carbocycles. The minimum absolute atomic E-state index is 0.0681. The number of carbonyl (C=O) groups excluding carboxylic acids is 1. The first-order valence-electron chi connectivity index (χ1n) is 9.22. The highest BCUT2D eigenvalue weighted by Crippen LogP contribution is 2.28. The number of rotatable bonds is 4. The summed E-state index contributed by atoms with van der Waals surface area (Å²) >= 11 is 0. The van der Waals surface area contributed by atoms with Crippen LogP contribution in [0.1, 0.15) is 34.9 Å². The second-order valence-corrected chi connectivity index (χ2v) is 8.98. The molecule has 6 nitrogen and oxygen atoms in total. The first-order chi connectivity index (χ1) is 13.9. The van der Waals surface area contributed by atoms with Crippen molar-refractivity contribution in [3.05, 3.63) is 59.9 Å². The Morgan fingerprint density at radius 2 is 1.86 bits per heavy atom. The fraction of sp³-hybridized carbons (Fsp3) is 0.300. The van der Waals surface area contributed by atoms with E-state index in [0.717, 1.165) is 41.8 Å². The summed E-state index contributed by atoms with van der Waals surface area (Å²) in [5, 5.41) is 0. The van der Waals surface area contributed by atoms with Crippen molar-refractivity contribution < 1.29 is 22.0 Å². The largest absolute Gasteiger partial charge is 0.342 e. The van der Waals surface area contributed by atoms with Crippen molar-refractivity contribution in [1.82, 2.24) is 14.9 Å². The Balaban J connectivity index is 1.51. The smallest absolute Gasteiger partial charge is 0.341 e. The third-order valence-electron chi connectivity index (χ3n) is 5.17. The zero-order valence-electron chi connectivity index (χ0n) is 15.4. The molecule has 1 saturated heterocycles. The van der Waals surface area contributed by atoms with Gasteiger partial charge in [0.05, 0.1) is 15.9 Å². The number of fused-ring (bicyclic) bond motifs is 1. The molecule has 1 aliphatic rings. The number of carbonyl (C=O) groups is 1. The normalized spacial score (nSPS) is 17.8. The van der Waals surface area contributed by atoms with Crippen molar-refractivity contribution in [1.29, 1.82) is 0 Å². The average Bonchev–Trinajstić information content (AvgIpc) is 3.18. The van der Waals surface area contributed by atoms with E-state index in [1.807, 2.05) is 24.3 Å². The molecular weight excluding hydrogens is 400 g/mol. The Kier molecular flexibility index (Phi) is 5.08. The van der Waals surface area contributed by atoms with Crippen LogP contribution in [-0.4, -0.2) is 48.0 Å². The number of alkyl halides is 2. The highest BCUT2D eigenvalue weighted by Gasteiger charge is 2.29. The summed E-state index contributed by atoms with van der Waals surface area (Å²) in [4.78, 5) is 22.0. The van der Waals surface area contributed by atoms with Crippen LogP contribution in [-0.2, 0) is 9.84 Å². The minimum Gasteiger partial charge on any atom is -0.342 e. The molecule has 4 rings (SSSR count). The molecule has 152 valence electrons. The van der Waals surface area contributed by atoms with Gasteiger partial charge in [-0.1, -0.05) is 12.1 Å². The first-order valence-corrected chi connectivity index (χ1v) is 10.8. The van der Waals surface area contributed by atoms with Gasteiger partial charge in [-0.15, -0.1) is 0 Å². The standard InChI is InChI=1S/C20H19F2N3O3S/c21-20(22)29(27,28)15-9-7-13(8-10-15)19(26)25-11-3-4-14(12-25)18-23-16-5-1-2-6-17(16)24-18/h1-2,5-10,14,20H,3-4,11-12H2,(H,23,24)/t14-/m0/s1. The molecule has 9 heteroatoms. The topological polar surface area (TPSA) is 83.1 Å². The third-order valence-corrected chi connectivity index (χ3v) is 6.57. The average molecular weight is 419 g/mol. The molecule has 1 amide bonds. The van der Waals surface area contributed by atoms with Gasteiger partial charge < -0.3 is 9.88 Å². The number of hydrogen-bond acceptors (Lipinski definition) is 4. The lowest BCUT2D eigenvalue weighted by Crippen LogP contribution is -2.39. The van der Waals surface area contributed by atoms with E-state index in [-0.39, 0.29) is 17.4 Å². The number of H-pyrrole nitrogens is 1. The van der Waals surface area contributed by atoms with Crippen molar-refractivity contribution in [3.8, 4) is 0 Å². The van der Waals surface area contributed by atoms with Crippen LogP contribution >= 0.6 is 0 Å². The molecule has 1 N–H and O–H groups in total. The third kappa shape index (κ3) is 3.74. The van der Waals surface area contributed by atoms with E-state index in [1.54, 1.807) is 4.90 Å². The van der Waals surface area contributed by atoms with Crippen LogP contribution in [0.2, 0.25) is 0 Å². The first kappa shape index (κ1) is 19.5. The van der Waals surface area contributed by atoms with E-state index in [2.05, 4.69) is 9.97 Å². The van der Waals surface area contributed by atoms with Gasteiger partial charge in [-0.2, -0.15) is 8.78 Å². The molecular formula is C20H19F2N3O3S. The van der Waals surface area contributed by atoms with Crippen molar-refractivity contribution in [2.45, 2.75) is 29.4 Å². The zero-order chi connectivity index (χ0) is 20.6. The second kappa shape index (κ2) is 7.55. The van der Waals surface area contributed by atoms with Gasteiger partial charge >= 0.3 is 5.76 Å². The van der Waals surface area contributed by atoms with E-state index >= 15 is 0 Å². The number of amides is 1. The van der Waals surface area contributed by atoms with Gasteiger partial charge in [0.2, 0.25) is 9.84 Å². The van der Waals surface area contributed by atoms with E-state index in [9.17, 15) is 22.0 Å². The summed E-state index contributed by atoms with van der Waals surface area (Å²) in [6.45, 7) is 1.06. The molecule has 29 heavy (non-hydrogen) atoms. The van der Waals surface area contributed by atoms with Crippen molar-refractivity contribution in [2.75, 3.05) is 13.1 Å². The number of imidazole rings is 1. The number of aromatic amines is 1. The number of nitrogens with zero attached hydrogens (tertiary/aromatic N) is 2. The van der Waals surface area contributed by atoms with E-state index in [4.69, 9.17) is 0 Å². The highest BCUT2D eigenvalue weighted by atomic mass is 32.2. The van der Waals surface area contributed by atoms with Gasteiger partial charge in [0.25, 0.3) is 5.91 Å². The van der Waals surface area contributed by atoms with Crippen LogP contribution in [0.4, 0.5) is 8.78 Å². The molecule has 0 spiro atoms. The summed E-state index contributed by atoms with van der Waals surface area (Å²) in [5.74, 6) is -2.84. The van der Waals surface area contributed by atoms with Gasteiger partial charge in [0, 0.05) is 24.6 Å². The number of sulfone groups is 1. The lowest BCUT2D eigenvalue weighted by Gasteiger charge is -2.32. The maximum atomic E-state index is 12.8. The lowest BCUT2D eigenvalue weighted by atomic mass is 9.96. The van der Waals surface area contributed by atoms with Crippen LogP contribution in [0.5, 0.6) is 0 Å². The number of hydrogen-bond donors (Lipinski definition) is 1. The maximum absolute atomic E-state index is 12.8.